The molecule has 0 heterocycles. The summed E-state index contributed by atoms with van der Waals surface area (Å²) in [5, 5.41) is 0. The van der Waals surface area contributed by atoms with Crippen LogP contribution in [-0.2, 0) is 28.6 Å². The predicted octanol–water partition coefficient (Wildman–Crippen LogP) is 21.6. The molecule has 0 aromatic rings. The van der Waals surface area contributed by atoms with Gasteiger partial charge in [0, 0.05) is 19.3 Å². The van der Waals surface area contributed by atoms with E-state index in [0.717, 1.165) is 135 Å². The molecule has 1 atom stereocenters. The van der Waals surface area contributed by atoms with Crippen molar-refractivity contribution in [1.82, 2.24) is 0 Å². The average Bonchev–Trinajstić information content (AvgIpc) is 3.42. The van der Waals surface area contributed by atoms with Gasteiger partial charge in [0.2, 0.25) is 0 Å². The average molecular weight is 1050 g/mol. The lowest BCUT2D eigenvalue weighted by Gasteiger charge is -2.18. The van der Waals surface area contributed by atoms with Crippen molar-refractivity contribution in [3.63, 3.8) is 0 Å². The van der Waals surface area contributed by atoms with Gasteiger partial charge in [-0.2, -0.15) is 0 Å². The third-order valence-corrected chi connectivity index (χ3v) is 13.2. The van der Waals surface area contributed by atoms with Gasteiger partial charge in [0.1, 0.15) is 13.2 Å². The molecule has 1 unspecified atom stereocenters. The fraction of sp³-hybridized carbons (Fsp3) is 0.671. The fourth-order valence-corrected chi connectivity index (χ4v) is 8.51. The zero-order valence-electron chi connectivity index (χ0n) is 49.5. The first-order chi connectivity index (χ1) is 37.5. The van der Waals surface area contributed by atoms with Crippen LogP contribution in [0.4, 0.5) is 0 Å². The van der Waals surface area contributed by atoms with Crippen LogP contribution in [0.2, 0.25) is 0 Å². The highest BCUT2D eigenvalue weighted by atomic mass is 16.6. The number of hydrogen-bond acceptors (Lipinski definition) is 6. The van der Waals surface area contributed by atoms with Crippen LogP contribution in [0.25, 0.3) is 0 Å². The predicted molar refractivity (Wildman–Crippen MR) is 330 cm³/mol. The first-order valence-corrected chi connectivity index (χ1v) is 31.5. The Bertz CT molecular complexity index is 1590. The molecule has 6 heteroatoms. The van der Waals surface area contributed by atoms with Gasteiger partial charge in [0.25, 0.3) is 0 Å². The van der Waals surface area contributed by atoms with Gasteiger partial charge in [-0.05, 0) is 128 Å². The molecule has 0 aliphatic carbocycles. The van der Waals surface area contributed by atoms with Crippen molar-refractivity contribution in [1.29, 1.82) is 0 Å². The summed E-state index contributed by atoms with van der Waals surface area (Å²) in [5.41, 5.74) is 0. The Morgan fingerprint density at radius 2 is 0.513 bits per heavy atom. The minimum Gasteiger partial charge on any atom is -0.462 e. The molecule has 0 aromatic carbocycles. The lowest BCUT2D eigenvalue weighted by Crippen LogP contribution is -2.30. The van der Waals surface area contributed by atoms with Gasteiger partial charge in [-0.1, -0.05) is 258 Å². The maximum Gasteiger partial charge on any atom is 0.306 e. The summed E-state index contributed by atoms with van der Waals surface area (Å²) in [6.45, 7) is 6.37. The monoisotopic (exact) mass is 1050 g/mol. The summed E-state index contributed by atoms with van der Waals surface area (Å²) < 4.78 is 16.9. The molecule has 0 fully saturated rings. The molecule has 6 nitrogen and oxygen atoms in total. The maximum absolute atomic E-state index is 12.9. The van der Waals surface area contributed by atoms with Crippen LogP contribution in [0.15, 0.2) is 122 Å². The quantitative estimate of drug-likeness (QED) is 0.0261. The van der Waals surface area contributed by atoms with E-state index in [4.69, 9.17) is 14.2 Å². The third-order valence-electron chi connectivity index (χ3n) is 13.2. The summed E-state index contributed by atoms with van der Waals surface area (Å²) in [7, 11) is 0. The van der Waals surface area contributed by atoms with E-state index in [1.54, 1.807) is 0 Å². The standard InChI is InChI=1S/C70H116O6/c1-4-7-10-13-16-19-22-25-27-29-31-32-33-34-35-36-37-38-40-41-43-45-48-51-54-57-60-63-69(72)75-66-67(65-74-68(71)62-59-56-53-50-47-24-21-18-15-12-9-6-3)76-70(73)64-61-58-55-52-49-46-44-42-39-30-28-26-23-20-17-14-11-8-5-2/h7-8,10-11,16-21,25-28,31-32,39,42,46,49,67H,4-6,9,12-15,22-24,29-30,33-38,40-41,43-45,47-48,50-66H2,1-3H3/b10-7-,11-8-,19-16-,20-17-,21-18-,27-25-,28-26-,32-31-,42-39-,49-46-. The van der Waals surface area contributed by atoms with Crippen molar-refractivity contribution in [3.8, 4) is 0 Å². The van der Waals surface area contributed by atoms with Crippen molar-refractivity contribution >= 4 is 17.9 Å². The molecule has 0 N–H and O–H groups in total. The van der Waals surface area contributed by atoms with Crippen LogP contribution in [0.1, 0.15) is 284 Å². The van der Waals surface area contributed by atoms with E-state index in [0.29, 0.717) is 12.8 Å². The van der Waals surface area contributed by atoms with Crippen molar-refractivity contribution in [3.05, 3.63) is 122 Å². The molecule has 0 aliphatic rings. The SMILES string of the molecule is CC/C=C\C/C=C\C/C=C\C/C=C\C/C=C\CCCCCC(=O)OC(COC(=O)CCCCCCC/C=C\CCCCC)COC(=O)CCCCCCCCCCCCCCCC/C=C\C/C=C\C/C=C\C/C=C\CC. The first kappa shape index (κ1) is 71.8. The van der Waals surface area contributed by atoms with E-state index < -0.39 is 6.10 Å². The van der Waals surface area contributed by atoms with E-state index in [9.17, 15) is 14.4 Å². The number of carbonyl (C=O) groups is 3. The third kappa shape index (κ3) is 60.7. The second kappa shape index (κ2) is 63.3. The van der Waals surface area contributed by atoms with Crippen LogP contribution >= 0.6 is 0 Å². The molecule has 0 saturated carbocycles. The summed E-state index contributed by atoms with van der Waals surface area (Å²) in [4.78, 5) is 38.2. The Balaban J connectivity index is 4.33. The van der Waals surface area contributed by atoms with E-state index in [1.807, 2.05) is 0 Å². The molecule has 76 heavy (non-hydrogen) atoms. The topological polar surface area (TPSA) is 78.9 Å². The summed E-state index contributed by atoms with van der Waals surface area (Å²) in [6, 6.07) is 0. The van der Waals surface area contributed by atoms with Crippen LogP contribution in [-0.4, -0.2) is 37.2 Å². The number of unbranched alkanes of at least 4 members (excludes halogenated alkanes) is 25. The van der Waals surface area contributed by atoms with Crippen LogP contribution in [0, 0.1) is 0 Å². The highest BCUT2D eigenvalue weighted by Crippen LogP contribution is 2.16. The Kier molecular flexibility index (Phi) is 59.9. The van der Waals surface area contributed by atoms with Gasteiger partial charge in [-0.15, -0.1) is 0 Å². The van der Waals surface area contributed by atoms with Crippen molar-refractivity contribution in [2.24, 2.45) is 0 Å². The van der Waals surface area contributed by atoms with E-state index in [2.05, 4.69) is 142 Å². The molecule has 0 aromatic heterocycles. The number of hydrogen-bond donors (Lipinski definition) is 0. The second-order valence-corrected chi connectivity index (χ2v) is 20.5. The minimum atomic E-state index is -0.802. The molecule has 0 spiro atoms. The number of esters is 3. The normalized spacial score (nSPS) is 12.9. The summed E-state index contributed by atoms with van der Waals surface area (Å²) in [6.07, 6.45) is 87.8. The molecular formula is C70H116O6. The second-order valence-electron chi connectivity index (χ2n) is 20.5. The molecule has 0 aliphatic heterocycles. The van der Waals surface area contributed by atoms with Gasteiger partial charge in [-0.25, -0.2) is 0 Å². The summed E-state index contributed by atoms with van der Waals surface area (Å²) >= 11 is 0. The molecule has 432 valence electrons. The van der Waals surface area contributed by atoms with Gasteiger partial charge >= 0.3 is 17.9 Å². The molecule has 0 radical (unpaired) electrons. The van der Waals surface area contributed by atoms with Gasteiger partial charge in [0.15, 0.2) is 6.10 Å². The maximum atomic E-state index is 12.9. The van der Waals surface area contributed by atoms with Gasteiger partial charge < -0.3 is 14.2 Å². The molecule has 0 rings (SSSR count). The molecule has 0 saturated heterocycles. The van der Waals surface area contributed by atoms with E-state index in [1.165, 1.54) is 109 Å². The smallest absolute Gasteiger partial charge is 0.306 e. The van der Waals surface area contributed by atoms with Gasteiger partial charge in [0.05, 0.1) is 0 Å². The lowest BCUT2D eigenvalue weighted by molar-refractivity contribution is -0.167. The molecule has 0 bridgehead atoms. The molecule has 0 amide bonds. The first-order valence-electron chi connectivity index (χ1n) is 31.5. The summed E-state index contributed by atoms with van der Waals surface area (Å²) in [5.74, 6) is -0.935. The van der Waals surface area contributed by atoms with Crippen molar-refractivity contribution in [2.45, 2.75) is 290 Å². The van der Waals surface area contributed by atoms with E-state index >= 15 is 0 Å². The Labute approximate surface area is 469 Å². The number of rotatable bonds is 56. The van der Waals surface area contributed by atoms with Crippen LogP contribution < -0.4 is 0 Å². The van der Waals surface area contributed by atoms with E-state index in [-0.39, 0.29) is 37.5 Å². The zero-order chi connectivity index (χ0) is 55.0. The highest BCUT2D eigenvalue weighted by Gasteiger charge is 2.19. The Morgan fingerprint density at radius 1 is 0.276 bits per heavy atom. The zero-order valence-corrected chi connectivity index (χ0v) is 49.5. The van der Waals surface area contributed by atoms with Gasteiger partial charge in [-0.3, -0.25) is 14.4 Å². The number of ether oxygens (including phenoxy) is 3. The fourth-order valence-electron chi connectivity index (χ4n) is 8.51. The largest absolute Gasteiger partial charge is 0.462 e. The highest BCUT2D eigenvalue weighted by molar-refractivity contribution is 5.71. The van der Waals surface area contributed by atoms with Crippen LogP contribution in [0.5, 0.6) is 0 Å². The van der Waals surface area contributed by atoms with Crippen molar-refractivity contribution < 1.29 is 28.6 Å². The minimum absolute atomic E-state index is 0.0956. The van der Waals surface area contributed by atoms with Crippen molar-refractivity contribution in [2.75, 3.05) is 13.2 Å². The Morgan fingerprint density at radius 3 is 0.829 bits per heavy atom. The number of allylic oxidation sites excluding steroid dienone is 20. The molecular weight excluding hydrogens is 937 g/mol. The Hall–Kier alpha value is -4.19. The van der Waals surface area contributed by atoms with Crippen LogP contribution in [0.3, 0.4) is 0 Å². The number of carbonyl (C=O) groups excluding carboxylic acids is 3. The lowest BCUT2D eigenvalue weighted by atomic mass is 10.0.